The number of ketones is 1. The van der Waals surface area contributed by atoms with Gasteiger partial charge in [0.25, 0.3) is 5.22 Å². The highest BCUT2D eigenvalue weighted by Gasteiger charge is 2.19. The van der Waals surface area contributed by atoms with E-state index in [1.54, 1.807) is 7.11 Å². The number of carbonyl (C=O) groups is 1. The largest absolute Gasteiger partial charge is 0.497 e. The predicted molar refractivity (Wildman–Crippen MR) is 127 cm³/mol. The van der Waals surface area contributed by atoms with Gasteiger partial charge in [-0.1, -0.05) is 17.8 Å². The molecule has 0 saturated carbocycles. The van der Waals surface area contributed by atoms with E-state index < -0.39 is 0 Å². The molecule has 0 unspecified atom stereocenters. The van der Waals surface area contributed by atoms with Gasteiger partial charge in [-0.25, -0.2) is 0 Å². The average Bonchev–Trinajstić information content (AvgIpc) is 3.58. The Balaban J connectivity index is 1.25. The van der Waals surface area contributed by atoms with Crippen molar-refractivity contribution < 1.29 is 23.4 Å². The van der Waals surface area contributed by atoms with Crippen molar-refractivity contribution in [2.75, 3.05) is 19.7 Å². The highest BCUT2D eigenvalue weighted by atomic mass is 32.2. The van der Waals surface area contributed by atoms with Crippen LogP contribution >= 0.6 is 11.8 Å². The van der Waals surface area contributed by atoms with Gasteiger partial charge in [0.1, 0.15) is 5.75 Å². The SMILES string of the molecule is COc1ccc(-c2nnc(SCC(=O)c3cc(C)n(Cc4ccc5c(c4)OCO5)c3C)o2)cc1. The number of carbonyl (C=O) groups excluding carboxylic acids is 1. The Bertz CT molecular complexity index is 1340. The van der Waals surface area contributed by atoms with E-state index in [0.717, 1.165) is 39.8 Å². The Morgan fingerprint density at radius 3 is 2.65 bits per heavy atom. The fourth-order valence-corrected chi connectivity index (χ4v) is 4.52. The van der Waals surface area contributed by atoms with Crippen LogP contribution in [0, 0.1) is 13.8 Å². The summed E-state index contributed by atoms with van der Waals surface area (Å²) in [6, 6.07) is 15.2. The molecule has 0 aliphatic carbocycles. The van der Waals surface area contributed by atoms with Crippen molar-refractivity contribution in [3.8, 4) is 28.7 Å². The third kappa shape index (κ3) is 4.38. The van der Waals surface area contributed by atoms with E-state index in [1.165, 1.54) is 11.8 Å². The second-order valence-electron chi connectivity index (χ2n) is 7.87. The molecule has 0 spiro atoms. The van der Waals surface area contributed by atoms with Crippen LogP contribution in [0.15, 0.2) is 58.2 Å². The number of fused-ring (bicyclic) bond motifs is 1. The summed E-state index contributed by atoms with van der Waals surface area (Å²) in [5.41, 5.74) is 4.50. The van der Waals surface area contributed by atoms with Gasteiger partial charge in [0.05, 0.1) is 12.9 Å². The number of ether oxygens (including phenoxy) is 3. The van der Waals surface area contributed by atoms with Crippen molar-refractivity contribution in [1.82, 2.24) is 14.8 Å². The van der Waals surface area contributed by atoms with Gasteiger partial charge in [-0.15, -0.1) is 10.2 Å². The number of Topliss-reactive ketones (excluding diaryl/α,β-unsaturated/α-hetero) is 1. The van der Waals surface area contributed by atoms with Gasteiger partial charge in [0, 0.05) is 29.1 Å². The third-order valence-electron chi connectivity index (χ3n) is 5.72. The normalized spacial score (nSPS) is 12.2. The average molecular weight is 478 g/mol. The van der Waals surface area contributed by atoms with Gasteiger partial charge < -0.3 is 23.2 Å². The van der Waals surface area contributed by atoms with E-state index in [9.17, 15) is 4.79 Å². The smallest absolute Gasteiger partial charge is 0.277 e. The first-order valence-electron chi connectivity index (χ1n) is 10.7. The monoisotopic (exact) mass is 477 g/mol. The van der Waals surface area contributed by atoms with Crippen LogP contribution in [0.4, 0.5) is 0 Å². The molecule has 2 aromatic carbocycles. The Morgan fingerprint density at radius 2 is 1.85 bits per heavy atom. The second-order valence-corrected chi connectivity index (χ2v) is 8.80. The molecule has 8 nitrogen and oxygen atoms in total. The summed E-state index contributed by atoms with van der Waals surface area (Å²) in [5.74, 6) is 2.88. The molecule has 0 atom stereocenters. The molecule has 4 aromatic rings. The third-order valence-corrected chi connectivity index (χ3v) is 6.54. The first-order valence-corrected chi connectivity index (χ1v) is 11.7. The fourth-order valence-electron chi connectivity index (χ4n) is 3.87. The van der Waals surface area contributed by atoms with E-state index in [-0.39, 0.29) is 18.3 Å². The van der Waals surface area contributed by atoms with Gasteiger partial charge in [-0.05, 0) is 61.9 Å². The van der Waals surface area contributed by atoms with Crippen molar-refractivity contribution in [3.63, 3.8) is 0 Å². The Morgan fingerprint density at radius 1 is 1.06 bits per heavy atom. The number of hydrogen-bond acceptors (Lipinski definition) is 8. The van der Waals surface area contributed by atoms with Gasteiger partial charge in [-0.3, -0.25) is 4.79 Å². The lowest BCUT2D eigenvalue weighted by Crippen LogP contribution is -2.07. The van der Waals surface area contributed by atoms with Crippen LogP contribution in [0.5, 0.6) is 17.2 Å². The van der Waals surface area contributed by atoms with E-state index in [2.05, 4.69) is 14.8 Å². The molecular weight excluding hydrogens is 454 g/mol. The summed E-state index contributed by atoms with van der Waals surface area (Å²) in [6.07, 6.45) is 0. The highest BCUT2D eigenvalue weighted by molar-refractivity contribution is 7.99. The fraction of sp³-hybridized carbons (Fsp3) is 0.240. The second kappa shape index (κ2) is 9.26. The van der Waals surface area contributed by atoms with Crippen LogP contribution in [0.25, 0.3) is 11.5 Å². The molecule has 5 rings (SSSR count). The van der Waals surface area contributed by atoms with E-state index in [4.69, 9.17) is 18.6 Å². The number of methoxy groups -OCH3 is 1. The molecule has 0 radical (unpaired) electrons. The molecule has 0 bridgehead atoms. The van der Waals surface area contributed by atoms with Crippen LogP contribution in [0.1, 0.15) is 27.3 Å². The number of aromatic nitrogens is 3. The Kier molecular flexibility index (Phi) is 6.02. The number of thioether (sulfide) groups is 1. The van der Waals surface area contributed by atoms with Crippen LogP contribution in [-0.4, -0.2) is 40.2 Å². The predicted octanol–water partition coefficient (Wildman–Crippen LogP) is 4.92. The lowest BCUT2D eigenvalue weighted by molar-refractivity contribution is 0.102. The summed E-state index contributed by atoms with van der Waals surface area (Å²) in [5, 5.41) is 8.51. The van der Waals surface area contributed by atoms with Crippen molar-refractivity contribution in [3.05, 3.63) is 71.0 Å². The van der Waals surface area contributed by atoms with Gasteiger partial charge in [0.15, 0.2) is 17.3 Å². The summed E-state index contributed by atoms with van der Waals surface area (Å²) in [6.45, 7) is 4.86. The number of aryl methyl sites for hydroxylation is 1. The molecule has 0 fully saturated rings. The van der Waals surface area contributed by atoms with Crippen molar-refractivity contribution >= 4 is 17.5 Å². The molecule has 1 aliphatic rings. The standard InChI is InChI=1S/C25H23N3O5S/c1-15-10-20(16(2)28(15)12-17-4-9-22-23(11-17)32-14-31-22)21(29)13-34-25-27-26-24(33-25)18-5-7-19(30-3)8-6-18/h4-11H,12-14H2,1-3H3. The minimum atomic E-state index is 0.0132. The summed E-state index contributed by atoms with van der Waals surface area (Å²) < 4.78 is 23.9. The summed E-state index contributed by atoms with van der Waals surface area (Å²) >= 11 is 1.23. The molecular formula is C25H23N3O5S. The zero-order chi connectivity index (χ0) is 23.7. The molecule has 1 aliphatic heterocycles. The topological polar surface area (TPSA) is 88.6 Å². The maximum Gasteiger partial charge on any atom is 0.277 e. The first kappa shape index (κ1) is 22.1. The van der Waals surface area contributed by atoms with Gasteiger partial charge in [0.2, 0.25) is 12.7 Å². The Labute approximate surface area is 200 Å². The van der Waals surface area contributed by atoms with Crippen LogP contribution in [-0.2, 0) is 6.54 Å². The lowest BCUT2D eigenvalue weighted by atomic mass is 10.1. The maximum absolute atomic E-state index is 13.0. The molecule has 0 saturated heterocycles. The summed E-state index contributed by atoms with van der Waals surface area (Å²) in [7, 11) is 1.61. The minimum Gasteiger partial charge on any atom is -0.497 e. The van der Waals surface area contributed by atoms with Crippen molar-refractivity contribution in [2.45, 2.75) is 25.6 Å². The number of benzene rings is 2. The zero-order valence-corrected chi connectivity index (χ0v) is 19.8. The van der Waals surface area contributed by atoms with Crippen LogP contribution in [0.2, 0.25) is 0 Å². The molecule has 9 heteroatoms. The van der Waals surface area contributed by atoms with Crippen molar-refractivity contribution in [1.29, 1.82) is 0 Å². The van der Waals surface area contributed by atoms with Gasteiger partial charge >= 0.3 is 0 Å². The zero-order valence-electron chi connectivity index (χ0n) is 19.0. The molecule has 0 amide bonds. The molecule has 0 N–H and O–H groups in total. The van der Waals surface area contributed by atoms with E-state index in [1.807, 2.05) is 62.4 Å². The summed E-state index contributed by atoms with van der Waals surface area (Å²) in [4.78, 5) is 13.0. The number of nitrogens with zero attached hydrogens (tertiary/aromatic N) is 3. The van der Waals surface area contributed by atoms with Gasteiger partial charge in [-0.2, -0.15) is 0 Å². The van der Waals surface area contributed by atoms with E-state index in [0.29, 0.717) is 23.2 Å². The maximum atomic E-state index is 13.0. The van der Waals surface area contributed by atoms with Crippen LogP contribution in [0.3, 0.4) is 0 Å². The minimum absolute atomic E-state index is 0.0132. The Hall–Kier alpha value is -3.72. The van der Waals surface area contributed by atoms with E-state index >= 15 is 0 Å². The molecule has 2 aromatic heterocycles. The first-order chi connectivity index (χ1) is 16.5. The number of rotatable bonds is 8. The molecule has 34 heavy (non-hydrogen) atoms. The highest BCUT2D eigenvalue weighted by Crippen LogP contribution is 2.33. The lowest BCUT2D eigenvalue weighted by Gasteiger charge is -2.10. The van der Waals surface area contributed by atoms with Crippen molar-refractivity contribution in [2.24, 2.45) is 0 Å². The van der Waals surface area contributed by atoms with Crippen LogP contribution < -0.4 is 14.2 Å². The number of hydrogen-bond donors (Lipinski definition) is 0. The molecule has 3 heterocycles. The molecule has 174 valence electrons. The quantitative estimate of drug-likeness (QED) is 0.261.